The van der Waals surface area contributed by atoms with Gasteiger partial charge >= 0.3 is 0 Å². The first-order valence-corrected chi connectivity index (χ1v) is 21.2. The van der Waals surface area contributed by atoms with Crippen molar-refractivity contribution in [3.8, 4) is 45.0 Å². The zero-order valence-electron chi connectivity index (χ0n) is 36.1. The van der Waals surface area contributed by atoms with Crippen molar-refractivity contribution in [2.75, 3.05) is 9.80 Å². The quantitative estimate of drug-likeness (QED) is 0.138. The largest absolute Gasteiger partial charge is 0.309 e. The summed E-state index contributed by atoms with van der Waals surface area (Å²) in [5, 5.41) is 0. The van der Waals surface area contributed by atoms with Gasteiger partial charge in [0, 0.05) is 28.2 Å². The number of nitrogens with zero attached hydrogens (tertiary/aromatic N) is 5. The summed E-state index contributed by atoms with van der Waals surface area (Å²) < 4.78 is 0. The second kappa shape index (κ2) is 17.2. The molecule has 9 rings (SSSR count). The summed E-state index contributed by atoms with van der Waals surface area (Å²) in [6, 6.07) is 66.1. The average molecular weight is 804 g/mol. The highest BCUT2D eigenvalue weighted by atomic mass is 15.3. The molecule has 0 saturated carbocycles. The first-order valence-electron chi connectivity index (χ1n) is 21.2. The lowest BCUT2D eigenvalue weighted by Crippen LogP contribution is -2.17. The number of hydrogen-bond acceptors (Lipinski definition) is 5. The molecule has 1 aromatic heterocycles. The molecule has 0 unspecified atom stereocenters. The predicted molar refractivity (Wildman–Crippen MR) is 259 cm³/mol. The number of anilines is 6. The molecule has 0 aliphatic rings. The third kappa shape index (κ3) is 8.13. The predicted octanol–water partition coefficient (Wildman–Crippen LogP) is 15.3. The molecule has 5 heteroatoms. The van der Waals surface area contributed by atoms with E-state index in [1.54, 1.807) is 0 Å². The Morgan fingerprint density at radius 3 is 1.13 bits per heavy atom. The number of aryl methyl sites for hydroxylation is 6. The summed E-state index contributed by atoms with van der Waals surface area (Å²) in [4.78, 5) is 20.3. The van der Waals surface area contributed by atoms with Crippen molar-refractivity contribution < 1.29 is 0 Å². The van der Waals surface area contributed by atoms with Gasteiger partial charge in [-0.25, -0.2) is 4.98 Å². The highest BCUT2D eigenvalue weighted by molar-refractivity contribution is 5.86. The van der Waals surface area contributed by atoms with Crippen LogP contribution in [0.5, 0.6) is 0 Å². The molecule has 0 radical (unpaired) electrons. The molecular weight excluding hydrogens is 755 g/mol. The minimum Gasteiger partial charge on any atom is -0.309 e. The highest BCUT2D eigenvalue weighted by Crippen LogP contribution is 2.44. The number of benzene rings is 8. The van der Waals surface area contributed by atoms with Crippen LogP contribution in [0, 0.1) is 41.5 Å². The Hall–Kier alpha value is -7.63. The van der Waals surface area contributed by atoms with Crippen LogP contribution in [0.4, 0.5) is 34.4 Å². The summed E-state index contributed by atoms with van der Waals surface area (Å²) in [5.41, 5.74) is 19.1. The second-order valence-electron chi connectivity index (χ2n) is 16.2. The Morgan fingerprint density at radius 2 is 0.645 bits per heavy atom. The van der Waals surface area contributed by atoms with Crippen LogP contribution in [0.3, 0.4) is 0 Å². The van der Waals surface area contributed by atoms with E-state index in [1.165, 1.54) is 44.8 Å². The number of aromatic nitrogens is 3. The lowest BCUT2D eigenvalue weighted by molar-refractivity contribution is 1.02. The van der Waals surface area contributed by atoms with E-state index < -0.39 is 0 Å². The van der Waals surface area contributed by atoms with Crippen LogP contribution >= 0.6 is 0 Å². The number of rotatable bonds is 10. The van der Waals surface area contributed by atoms with Gasteiger partial charge in [-0.3, -0.25) is 4.90 Å². The Kier molecular flexibility index (Phi) is 11.0. The average Bonchev–Trinajstić information content (AvgIpc) is 3.29. The fourth-order valence-electron chi connectivity index (χ4n) is 8.76. The van der Waals surface area contributed by atoms with Crippen LogP contribution in [0.25, 0.3) is 45.0 Å². The lowest BCUT2D eigenvalue weighted by Gasteiger charge is -2.32. The minimum absolute atomic E-state index is 0.520. The molecule has 62 heavy (non-hydrogen) atoms. The van der Waals surface area contributed by atoms with Gasteiger partial charge in [-0.15, -0.1) is 0 Å². The van der Waals surface area contributed by atoms with Crippen molar-refractivity contribution >= 4 is 34.4 Å². The van der Waals surface area contributed by atoms with Gasteiger partial charge in [0.2, 0.25) is 5.95 Å². The van der Waals surface area contributed by atoms with Crippen molar-refractivity contribution in [3.05, 3.63) is 221 Å². The van der Waals surface area contributed by atoms with Crippen LogP contribution in [-0.4, -0.2) is 15.0 Å². The molecule has 0 aliphatic heterocycles. The summed E-state index contributed by atoms with van der Waals surface area (Å²) in [7, 11) is 0. The van der Waals surface area contributed by atoms with Crippen LogP contribution in [0.2, 0.25) is 0 Å². The Bertz CT molecular complexity index is 2890. The van der Waals surface area contributed by atoms with Crippen molar-refractivity contribution in [3.63, 3.8) is 0 Å². The maximum atomic E-state index is 5.31. The fourth-order valence-corrected chi connectivity index (χ4v) is 8.76. The topological polar surface area (TPSA) is 45.2 Å². The Morgan fingerprint density at radius 1 is 0.290 bits per heavy atom. The smallest absolute Gasteiger partial charge is 0.238 e. The van der Waals surface area contributed by atoms with Crippen molar-refractivity contribution in [1.82, 2.24) is 15.0 Å². The van der Waals surface area contributed by atoms with E-state index in [4.69, 9.17) is 15.0 Å². The SMILES string of the molecule is Cc1cc(C)c(N(c2ccc(N(c3ccc(-c4ccccc4)cc3)c3nc(-c4ccccc4)nc(-c4cccc(-c5ccccc5)c4)n3)cc2)c2c(C)cc(C)cc2C)c(C)c1. The molecule has 302 valence electrons. The standard InChI is InChI=1S/C57H49N5/c1-38-33-40(3)53(41(4)34-38)62(54-42(5)35-39(2)36-43(54)6)52-31-29-51(30-32-52)61(50-27-25-46(26-28-50)44-17-10-7-11-18-44)57-59-55(47-21-14-9-15-22-47)58-56(60-57)49-24-16-23-48(37-49)45-19-12-8-13-20-45/h7-37H,1-6H3. The molecule has 0 fully saturated rings. The molecule has 0 atom stereocenters. The number of hydrogen-bond donors (Lipinski definition) is 0. The summed E-state index contributed by atoms with van der Waals surface area (Å²) in [6.07, 6.45) is 0. The van der Waals surface area contributed by atoms with E-state index in [9.17, 15) is 0 Å². The Labute approximate surface area is 365 Å². The monoisotopic (exact) mass is 803 g/mol. The van der Waals surface area contributed by atoms with Crippen LogP contribution < -0.4 is 9.80 Å². The molecule has 8 aromatic carbocycles. The van der Waals surface area contributed by atoms with E-state index in [2.05, 4.69) is 209 Å². The minimum atomic E-state index is 0.520. The normalized spacial score (nSPS) is 11.1. The maximum absolute atomic E-state index is 5.31. The van der Waals surface area contributed by atoms with Gasteiger partial charge in [-0.2, -0.15) is 9.97 Å². The zero-order valence-corrected chi connectivity index (χ0v) is 36.1. The Balaban J connectivity index is 1.23. The first kappa shape index (κ1) is 39.8. The van der Waals surface area contributed by atoms with Crippen molar-refractivity contribution in [2.45, 2.75) is 41.5 Å². The van der Waals surface area contributed by atoms with E-state index in [-0.39, 0.29) is 0 Å². The van der Waals surface area contributed by atoms with E-state index >= 15 is 0 Å². The second-order valence-corrected chi connectivity index (χ2v) is 16.2. The van der Waals surface area contributed by atoms with Crippen molar-refractivity contribution in [2.24, 2.45) is 0 Å². The zero-order chi connectivity index (χ0) is 42.7. The lowest BCUT2D eigenvalue weighted by atomic mass is 9.98. The molecule has 0 amide bonds. The summed E-state index contributed by atoms with van der Waals surface area (Å²) >= 11 is 0. The molecule has 0 N–H and O–H groups in total. The third-order valence-corrected chi connectivity index (χ3v) is 11.4. The van der Waals surface area contributed by atoms with Crippen LogP contribution in [0.15, 0.2) is 188 Å². The van der Waals surface area contributed by atoms with E-state index in [1.807, 2.05) is 30.3 Å². The molecule has 1 heterocycles. The first-order chi connectivity index (χ1) is 30.2. The maximum Gasteiger partial charge on any atom is 0.238 e. The van der Waals surface area contributed by atoms with E-state index in [0.29, 0.717) is 17.6 Å². The van der Waals surface area contributed by atoms with Gasteiger partial charge in [0.15, 0.2) is 11.6 Å². The molecular formula is C57H49N5. The van der Waals surface area contributed by atoms with Crippen molar-refractivity contribution in [1.29, 1.82) is 0 Å². The van der Waals surface area contributed by atoms with E-state index in [0.717, 1.165) is 50.4 Å². The van der Waals surface area contributed by atoms with Gasteiger partial charge in [0.05, 0.1) is 11.4 Å². The third-order valence-electron chi connectivity index (χ3n) is 11.4. The molecule has 5 nitrogen and oxygen atoms in total. The summed E-state index contributed by atoms with van der Waals surface area (Å²) in [6.45, 7) is 13.2. The summed E-state index contributed by atoms with van der Waals surface area (Å²) in [5.74, 6) is 1.71. The van der Waals surface area contributed by atoms with Gasteiger partial charge < -0.3 is 4.90 Å². The molecule has 0 aliphatic carbocycles. The highest BCUT2D eigenvalue weighted by Gasteiger charge is 2.24. The molecule has 9 aromatic rings. The molecule has 0 bridgehead atoms. The van der Waals surface area contributed by atoms with Gasteiger partial charge in [-0.1, -0.05) is 157 Å². The molecule has 0 saturated heterocycles. The van der Waals surface area contributed by atoms with Crippen LogP contribution in [0.1, 0.15) is 33.4 Å². The van der Waals surface area contributed by atoms with Gasteiger partial charge in [0.25, 0.3) is 0 Å². The van der Waals surface area contributed by atoms with Gasteiger partial charge in [0.1, 0.15) is 0 Å². The van der Waals surface area contributed by atoms with Gasteiger partial charge in [-0.05, 0) is 129 Å². The van der Waals surface area contributed by atoms with Crippen LogP contribution in [-0.2, 0) is 0 Å². The fraction of sp³-hybridized carbons (Fsp3) is 0.105. The molecule has 0 spiro atoms.